The monoisotopic (exact) mass is 667 g/mol. The highest BCUT2D eigenvalue weighted by atomic mass is 16.3. The lowest BCUT2D eigenvalue weighted by molar-refractivity contribution is 0.660. The number of rotatable bonds is 5. The van der Waals surface area contributed by atoms with Crippen molar-refractivity contribution < 1.29 is 4.42 Å². The standard InChI is InChI=1S/C48H33N3O/c1-48(2)41-22-10-9-17-37(41)38-28-27-34(29-42(38)48)36-19-12-21-40-39-20-11-18-35(43(39)52-44(36)40)30-23-25-33(26-24-30)47-50-45(31-13-5-3-6-14-31)49-46(51-47)32-15-7-4-8-16-32/h3-29H,1-2H3. The fourth-order valence-electron chi connectivity index (χ4n) is 7.88. The Morgan fingerprint density at radius 1 is 0.365 bits per heavy atom. The lowest BCUT2D eigenvalue weighted by Gasteiger charge is -2.22. The van der Waals surface area contributed by atoms with Crippen LogP contribution in [0.1, 0.15) is 25.0 Å². The number of para-hydroxylation sites is 2. The van der Waals surface area contributed by atoms with Crippen molar-refractivity contribution in [3.63, 3.8) is 0 Å². The zero-order chi connectivity index (χ0) is 34.8. The van der Waals surface area contributed by atoms with Crippen LogP contribution in [0.3, 0.4) is 0 Å². The van der Waals surface area contributed by atoms with Gasteiger partial charge in [0, 0.05) is 44.0 Å². The molecule has 0 N–H and O–H groups in total. The summed E-state index contributed by atoms with van der Waals surface area (Å²) in [6.07, 6.45) is 0. The Balaban J connectivity index is 1.05. The van der Waals surface area contributed by atoms with Crippen LogP contribution >= 0.6 is 0 Å². The highest BCUT2D eigenvalue weighted by Gasteiger charge is 2.35. The van der Waals surface area contributed by atoms with E-state index in [0.29, 0.717) is 17.5 Å². The molecule has 7 aromatic carbocycles. The molecule has 0 radical (unpaired) electrons. The quantitative estimate of drug-likeness (QED) is 0.183. The van der Waals surface area contributed by atoms with Gasteiger partial charge in [-0.2, -0.15) is 0 Å². The molecule has 0 saturated heterocycles. The molecular formula is C48H33N3O. The molecule has 0 unspecified atom stereocenters. The fraction of sp³-hybridized carbons (Fsp3) is 0.0625. The van der Waals surface area contributed by atoms with Gasteiger partial charge in [0.25, 0.3) is 0 Å². The van der Waals surface area contributed by atoms with Crippen molar-refractivity contribution in [3.8, 4) is 67.5 Å². The summed E-state index contributed by atoms with van der Waals surface area (Å²) < 4.78 is 6.87. The van der Waals surface area contributed by atoms with E-state index in [1.165, 1.54) is 22.3 Å². The fourth-order valence-corrected chi connectivity index (χ4v) is 7.88. The van der Waals surface area contributed by atoms with Crippen molar-refractivity contribution in [3.05, 3.63) is 175 Å². The van der Waals surface area contributed by atoms with Crippen molar-refractivity contribution in [2.24, 2.45) is 0 Å². The Labute approximate surface area is 302 Å². The van der Waals surface area contributed by atoms with Gasteiger partial charge in [-0.1, -0.05) is 172 Å². The second-order valence-electron chi connectivity index (χ2n) is 14.0. The van der Waals surface area contributed by atoms with Gasteiger partial charge in [0.15, 0.2) is 17.5 Å². The average Bonchev–Trinajstić information content (AvgIpc) is 3.70. The van der Waals surface area contributed by atoms with Crippen molar-refractivity contribution in [2.45, 2.75) is 19.3 Å². The first-order valence-electron chi connectivity index (χ1n) is 17.7. The molecule has 4 heteroatoms. The largest absolute Gasteiger partial charge is 0.455 e. The van der Waals surface area contributed by atoms with E-state index in [1.807, 2.05) is 60.7 Å². The Hall–Kier alpha value is -6.65. The van der Waals surface area contributed by atoms with Crippen molar-refractivity contribution in [1.29, 1.82) is 0 Å². The minimum atomic E-state index is -0.0728. The molecule has 0 spiro atoms. The van der Waals surface area contributed by atoms with Gasteiger partial charge in [-0.05, 0) is 39.4 Å². The Bertz CT molecular complexity index is 2740. The molecule has 0 fully saturated rings. The van der Waals surface area contributed by atoms with Gasteiger partial charge in [0.2, 0.25) is 0 Å². The normalized spacial score (nSPS) is 13.0. The minimum Gasteiger partial charge on any atom is -0.455 e. The molecule has 2 aromatic heterocycles. The lowest BCUT2D eigenvalue weighted by atomic mass is 9.81. The van der Waals surface area contributed by atoms with E-state index in [2.05, 4.69) is 117 Å². The third-order valence-corrected chi connectivity index (χ3v) is 10.6. The van der Waals surface area contributed by atoms with Crippen LogP contribution in [0.15, 0.2) is 168 Å². The van der Waals surface area contributed by atoms with Gasteiger partial charge in [-0.25, -0.2) is 15.0 Å². The van der Waals surface area contributed by atoms with Gasteiger partial charge < -0.3 is 4.42 Å². The number of aromatic nitrogens is 3. The van der Waals surface area contributed by atoms with Crippen LogP contribution in [0, 0.1) is 0 Å². The molecule has 246 valence electrons. The Morgan fingerprint density at radius 3 is 1.40 bits per heavy atom. The summed E-state index contributed by atoms with van der Waals surface area (Å²) in [6, 6.07) is 57.1. The Morgan fingerprint density at radius 2 is 0.808 bits per heavy atom. The average molecular weight is 668 g/mol. The van der Waals surface area contributed by atoms with Gasteiger partial charge in [-0.3, -0.25) is 0 Å². The number of hydrogen-bond donors (Lipinski definition) is 0. The van der Waals surface area contributed by atoms with Crippen LogP contribution in [0.5, 0.6) is 0 Å². The first-order chi connectivity index (χ1) is 25.5. The topological polar surface area (TPSA) is 51.8 Å². The van der Waals surface area contributed by atoms with Crippen molar-refractivity contribution in [1.82, 2.24) is 15.0 Å². The number of hydrogen-bond acceptors (Lipinski definition) is 4. The van der Waals surface area contributed by atoms with E-state index in [9.17, 15) is 0 Å². The second-order valence-corrected chi connectivity index (χ2v) is 14.0. The van der Waals surface area contributed by atoms with E-state index in [0.717, 1.165) is 60.9 Å². The van der Waals surface area contributed by atoms with E-state index >= 15 is 0 Å². The first kappa shape index (κ1) is 30.2. The predicted octanol–water partition coefficient (Wildman–Crippen LogP) is 12.4. The molecule has 0 amide bonds. The summed E-state index contributed by atoms with van der Waals surface area (Å²) in [4.78, 5) is 14.7. The van der Waals surface area contributed by atoms with Crippen LogP contribution in [0.4, 0.5) is 0 Å². The molecule has 0 aliphatic heterocycles. The van der Waals surface area contributed by atoms with E-state index in [1.54, 1.807) is 0 Å². The molecule has 10 rings (SSSR count). The smallest absolute Gasteiger partial charge is 0.164 e. The van der Waals surface area contributed by atoms with E-state index in [-0.39, 0.29) is 5.41 Å². The first-order valence-corrected chi connectivity index (χ1v) is 17.7. The number of nitrogens with zero attached hydrogens (tertiary/aromatic N) is 3. The maximum Gasteiger partial charge on any atom is 0.164 e. The maximum atomic E-state index is 6.87. The summed E-state index contributed by atoms with van der Waals surface area (Å²) >= 11 is 0. The molecule has 52 heavy (non-hydrogen) atoms. The van der Waals surface area contributed by atoms with Gasteiger partial charge in [0.1, 0.15) is 11.2 Å². The highest BCUT2D eigenvalue weighted by Crippen LogP contribution is 2.50. The minimum absolute atomic E-state index is 0.0728. The van der Waals surface area contributed by atoms with Gasteiger partial charge in [0.05, 0.1) is 0 Å². The zero-order valence-electron chi connectivity index (χ0n) is 28.8. The van der Waals surface area contributed by atoms with Crippen molar-refractivity contribution >= 4 is 21.9 Å². The van der Waals surface area contributed by atoms with Crippen LogP contribution in [-0.2, 0) is 5.41 Å². The summed E-state index contributed by atoms with van der Waals surface area (Å²) in [5, 5.41) is 2.21. The Kier molecular flexibility index (Phi) is 6.80. The van der Waals surface area contributed by atoms with Crippen molar-refractivity contribution in [2.75, 3.05) is 0 Å². The summed E-state index contributed by atoms with van der Waals surface area (Å²) in [5.41, 5.74) is 14.3. The number of benzene rings is 7. The molecule has 1 aliphatic carbocycles. The molecule has 0 atom stereocenters. The molecule has 4 nitrogen and oxygen atoms in total. The van der Waals surface area contributed by atoms with Crippen LogP contribution in [0.2, 0.25) is 0 Å². The summed E-state index contributed by atoms with van der Waals surface area (Å²) in [6.45, 7) is 4.65. The van der Waals surface area contributed by atoms with E-state index in [4.69, 9.17) is 19.4 Å². The number of fused-ring (bicyclic) bond motifs is 6. The number of furan rings is 1. The maximum absolute atomic E-state index is 6.87. The highest BCUT2D eigenvalue weighted by molar-refractivity contribution is 6.13. The van der Waals surface area contributed by atoms with Crippen LogP contribution in [-0.4, -0.2) is 15.0 Å². The van der Waals surface area contributed by atoms with Crippen LogP contribution in [0.25, 0.3) is 89.5 Å². The predicted molar refractivity (Wildman–Crippen MR) is 212 cm³/mol. The van der Waals surface area contributed by atoms with Gasteiger partial charge in [-0.15, -0.1) is 0 Å². The third-order valence-electron chi connectivity index (χ3n) is 10.6. The molecule has 0 saturated carbocycles. The summed E-state index contributed by atoms with van der Waals surface area (Å²) in [7, 11) is 0. The van der Waals surface area contributed by atoms with Gasteiger partial charge >= 0.3 is 0 Å². The molecular weight excluding hydrogens is 635 g/mol. The van der Waals surface area contributed by atoms with Crippen LogP contribution < -0.4 is 0 Å². The lowest BCUT2D eigenvalue weighted by Crippen LogP contribution is -2.14. The second kappa shape index (κ2) is 11.7. The summed E-state index contributed by atoms with van der Waals surface area (Å²) in [5.74, 6) is 1.92. The molecule has 9 aromatic rings. The molecule has 0 bridgehead atoms. The third kappa shape index (κ3) is 4.79. The SMILES string of the molecule is CC1(C)c2ccccc2-c2ccc(-c3cccc4c3oc3c(-c5ccc(-c6nc(-c7ccccc7)nc(-c7ccccc7)n6)cc5)cccc34)cc21. The molecule has 1 aliphatic rings. The zero-order valence-corrected chi connectivity index (χ0v) is 28.8. The van der Waals surface area contributed by atoms with E-state index < -0.39 is 0 Å². The molecule has 2 heterocycles.